The van der Waals surface area contributed by atoms with Crippen molar-refractivity contribution in [3.63, 3.8) is 0 Å². The Balaban J connectivity index is 2.48. The summed E-state index contributed by atoms with van der Waals surface area (Å²) in [5, 5.41) is 2.62. The van der Waals surface area contributed by atoms with Gasteiger partial charge in [-0.05, 0) is 27.9 Å². The van der Waals surface area contributed by atoms with E-state index < -0.39 is 6.09 Å². The molecule has 0 aromatic carbocycles. The van der Waals surface area contributed by atoms with Crippen LogP contribution >= 0.6 is 15.9 Å². The normalized spacial score (nSPS) is 10.1. The van der Waals surface area contributed by atoms with E-state index in [0.29, 0.717) is 18.2 Å². The van der Waals surface area contributed by atoms with Gasteiger partial charge >= 0.3 is 6.09 Å². The minimum Gasteiger partial charge on any atom is -0.449 e. The Morgan fingerprint density at radius 3 is 3.00 bits per heavy atom. The first kappa shape index (κ1) is 12.0. The van der Waals surface area contributed by atoms with E-state index in [1.807, 2.05) is 13.8 Å². The molecule has 0 saturated heterocycles. The van der Waals surface area contributed by atoms with Crippen LogP contribution in [0.4, 0.5) is 10.5 Å². The lowest BCUT2D eigenvalue weighted by atomic mass is 10.2. The first-order chi connectivity index (χ1) is 7.09. The van der Waals surface area contributed by atoms with Crippen LogP contribution in [0.25, 0.3) is 0 Å². The van der Waals surface area contributed by atoms with E-state index in [1.54, 1.807) is 18.5 Å². The molecule has 15 heavy (non-hydrogen) atoms. The number of nitrogens with one attached hydrogen (secondary N) is 1. The molecule has 4 nitrogen and oxygen atoms in total. The molecule has 0 bridgehead atoms. The van der Waals surface area contributed by atoms with Crippen LogP contribution in [-0.2, 0) is 4.74 Å². The molecule has 1 heterocycles. The molecule has 0 saturated carbocycles. The maximum atomic E-state index is 11.3. The van der Waals surface area contributed by atoms with Crippen LogP contribution in [-0.4, -0.2) is 17.7 Å². The summed E-state index contributed by atoms with van der Waals surface area (Å²) in [6.45, 7) is 4.37. The summed E-state index contributed by atoms with van der Waals surface area (Å²) in [7, 11) is 0. The van der Waals surface area contributed by atoms with Gasteiger partial charge in [-0.1, -0.05) is 13.8 Å². The summed E-state index contributed by atoms with van der Waals surface area (Å²) >= 11 is 3.27. The third-order valence-corrected chi connectivity index (χ3v) is 2.19. The number of anilines is 1. The second-order valence-electron chi connectivity index (χ2n) is 3.47. The lowest BCUT2D eigenvalue weighted by Gasteiger charge is -2.09. The zero-order valence-electron chi connectivity index (χ0n) is 8.66. The predicted octanol–water partition coefficient (Wildman–Crippen LogP) is 3.05. The van der Waals surface area contributed by atoms with Crippen LogP contribution < -0.4 is 5.32 Å². The summed E-state index contributed by atoms with van der Waals surface area (Å²) in [5.74, 6) is 0.330. The average molecular weight is 273 g/mol. The van der Waals surface area contributed by atoms with E-state index >= 15 is 0 Å². The van der Waals surface area contributed by atoms with E-state index in [4.69, 9.17) is 4.74 Å². The van der Waals surface area contributed by atoms with Gasteiger partial charge in [0.25, 0.3) is 0 Å². The standard InChI is InChI=1S/C10H13BrN2O2/c1-7(2)6-15-10(14)13-9-3-4-12-5-8(9)11/h3-5,7H,6H2,1-2H3,(H,12,13,14). The van der Waals surface area contributed by atoms with Crippen LogP contribution in [0, 0.1) is 5.92 Å². The smallest absolute Gasteiger partial charge is 0.411 e. The van der Waals surface area contributed by atoms with Crippen LogP contribution in [0.3, 0.4) is 0 Å². The highest BCUT2D eigenvalue weighted by Gasteiger charge is 2.06. The number of halogens is 1. The highest BCUT2D eigenvalue weighted by molar-refractivity contribution is 9.10. The van der Waals surface area contributed by atoms with E-state index in [0.717, 1.165) is 4.47 Å². The Hall–Kier alpha value is -1.10. The van der Waals surface area contributed by atoms with Gasteiger partial charge in [-0.2, -0.15) is 0 Å². The zero-order valence-corrected chi connectivity index (χ0v) is 10.2. The number of rotatable bonds is 3. The van der Waals surface area contributed by atoms with Crippen LogP contribution in [0.15, 0.2) is 22.9 Å². The zero-order chi connectivity index (χ0) is 11.3. The largest absolute Gasteiger partial charge is 0.449 e. The minimum absolute atomic E-state index is 0.330. The Labute approximate surface area is 97.2 Å². The molecule has 1 aromatic rings. The number of amides is 1. The number of ether oxygens (including phenoxy) is 1. The van der Waals surface area contributed by atoms with Crippen molar-refractivity contribution in [1.82, 2.24) is 4.98 Å². The molecule has 0 radical (unpaired) electrons. The lowest BCUT2D eigenvalue weighted by Crippen LogP contribution is -2.16. The minimum atomic E-state index is -0.449. The number of carbonyl (C=O) groups is 1. The molecule has 0 aliphatic carbocycles. The Kier molecular flexibility index (Phi) is 4.55. The fourth-order valence-electron chi connectivity index (χ4n) is 0.865. The fourth-order valence-corrected chi connectivity index (χ4v) is 1.21. The van der Waals surface area contributed by atoms with Gasteiger partial charge in [-0.25, -0.2) is 4.79 Å². The van der Waals surface area contributed by atoms with E-state index in [-0.39, 0.29) is 0 Å². The van der Waals surface area contributed by atoms with E-state index in [1.165, 1.54) is 0 Å². The van der Waals surface area contributed by atoms with Gasteiger partial charge in [-0.15, -0.1) is 0 Å². The first-order valence-electron chi connectivity index (χ1n) is 4.63. The lowest BCUT2D eigenvalue weighted by molar-refractivity contribution is 0.147. The number of hydrogen-bond donors (Lipinski definition) is 1. The number of nitrogens with zero attached hydrogens (tertiary/aromatic N) is 1. The van der Waals surface area contributed by atoms with Gasteiger partial charge < -0.3 is 4.74 Å². The molecule has 82 valence electrons. The van der Waals surface area contributed by atoms with Gasteiger partial charge in [0.15, 0.2) is 0 Å². The van der Waals surface area contributed by atoms with Gasteiger partial charge in [-0.3, -0.25) is 10.3 Å². The molecular weight excluding hydrogens is 260 g/mol. The van der Waals surface area contributed by atoms with Crippen molar-refractivity contribution < 1.29 is 9.53 Å². The molecule has 1 N–H and O–H groups in total. The van der Waals surface area contributed by atoms with Gasteiger partial charge in [0.05, 0.1) is 16.8 Å². The van der Waals surface area contributed by atoms with E-state index in [9.17, 15) is 4.79 Å². The Morgan fingerprint density at radius 2 is 2.40 bits per heavy atom. The highest BCUT2D eigenvalue weighted by Crippen LogP contribution is 2.19. The SMILES string of the molecule is CC(C)COC(=O)Nc1ccncc1Br. The molecule has 0 fully saturated rings. The summed E-state index contributed by atoms with van der Waals surface area (Å²) in [5.41, 5.74) is 0.652. The summed E-state index contributed by atoms with van der Waals surface area (Å²) < 4.78 is 5.70. The van der Waals surface area contributed by atoms with Gasteiger partial charge in [0.1, 0.15) is 0 Å². The maximum absolute atomic E-state index is 11.3. The molecule has 1 aromatic heterocycles. The van der Waals surface area contributed by atoms with Crippen molar-refractivity contribution in [2.45, 2.75) is 13.8 Å². The monoisotopic (exact) mass is 272 g/mol. The van der Waals surface area contributed by atoms with Crippen LogP contribution in [0.1, 0.15) is 13.8 Å². The second kappa shape index (κ2) is 5.70. The summed E-state index contributed by atoms with van der Waals surface area (Å²) in [6, 6.07) is 1.70. The second-order valence-corrected chi connectivity index (χ2v) is 4.33. The summed E-state index contributed by atoms with van der Waals surface area (Å²) in [4.78, 5) is 15.2. The highest BCUT2D eigenvalue weighted by atomic mass is 79.9. The van der Waals surface area contributed by atoms with E-state index in [2.05, 4.69) is 26.2 Å². The molecule has 0 aliphatic rings. The van der Waals surface area contributed by atoms with Crippen molar-refractivity contribution in [2.24, 2.45) is 5.92 Å². The van der Waals surface area contributed by atoms with Crippen molar-refractivity contribution in [3.05, 3.63) is 22.9 Å². The first-order valence-corrected chi connectivity index (χ1v) is 5.42. The maximum Gasteiger partial charge on any atom is 0.411 e. The molecule has 0 spiro atoms. The fraction of sp³-hybridized carbons (Fsp3) is 0.400. The predicted molar refractivity (Wildman–Crippen MR) is 61.7 cm³/mol. The Morgan fingerprint density at radius 1 is 1.67 bits per heavy atom. The Bertz CT molecular complexity index is 342. The van der Waals surface area contributed by atoms with Crippen molar-refractivity contribution >= 4 is 27.7 Å². The van der Waals surface area contributed by atoms with Crippen LogP contribution in [0.5, 0.6) is 0 Å². The number of aromatic nitrogens is 1. The topological polar surface area (TPSA) is 51.2 Å². The molecule has 1 rings (SSSR count). The average Bonchev–Trinajstić information content (AvgIpc) is 2.18. The molecule has 5 heteroatoms. The third-order valence-electron chi connectivity index (χ3n) is 1.56. The molecule has 1 amide bonds. The van der Waals surface area contributed by atoms with Crippen molar-refractivity contribution in [3.8, 4) is 0 Å². The number of carbonyl (C=O) groups excluding carboxylic acids is 1. The number of pyridine rings is 1. The summed E-state index contributed by atoms with van der Waals surface area (Å²) in [6.07, 6.45) is 2.76. The molecule has 0 atom stereocenters. The third kappa shape index (κ3) is 4.29. The molecule has 0 unspecified atom stereocenters. The van der Waals surface area contributed by atoms with Gasteiger partial charge in [0.2, 0.25) is 0 Å². The van der Waals surface area contributed by atoms with Crippen molar-refractivity contribution in [1.29, 1.82) is 0 Å². The van der Waals surface area contributed by atoms with Gasteiger partial charge in [0, 0.05) is 12.4 Å². The molecular formula is C10H13BrN2O2. The quantitative estimate of drug-likeness (QED) is 0.920. The number of hydrogen-bond acceptors (Lipinski definition) is 3. The van der Waals surface area contributed by atoms with Crippen LogP contribution in [0.2, 0.25) is 0 Å². The van der Waals surface area contributed by atoms with Crippen molar-refractivity contribution in [2.75, 3.05) is 11.9 Å². The molecule has 0 aliphatic heterocycles.